The monoisotopic (exact) mass is 771 g/mol. The van der Waals surface area contributed by atoms with E-state index in [-0.39, 0.29) is 51.4 Å². The zero-order valence-corrected chi connectivity index (χ0v) is 29.3. The van der Waals surface area contributed by atoms with Gasteiger partial charge >= 0.3 is 280 Å². The number of ether oxygens (including phenoxy) is 1. The standard InChI is InChI=1S/C34H44F4IN6O2/c1-3-8-39-27-13-25(33(21-47-22-33)16-31-40(2)23-42-9-5-4-6-10-45(31)42)14-28(15-27)43-20-30-29(34(36,37)38)12-24(18-44(30)32(43)46)17-41-11-7-26(35)19-41/h12-15,18,20,26,31H,3-11,16-17,19,21-23H2,1-2H3/q-1/t26-,31?/m0/s1. The first-order chi connectivity index (χ1) is 22.5. The molecule has 0 bridgehead atoms. The van der Waals surface area contributed by atoms with Crippen LogP contribution in [-0.4, -0.2) is 98.7 Å². The van der Waals surface area contributed by atoms with Crippen molar-refractivity contribution in [1.82, 2.24) is 28.8 Å². The van der Waals surface area contributed by atoms with Gasteiger partial charge in [-0.15, -0.1) is 0 Å². The molecule has 13 heteroatoms. The topological polar surface area (TPSA) is 48.6 Å². The molecule has 1 unspecified atom stereocenters. The molecule has 4 aliphatic heterocycles. The summed E-state index contributed by atoms with van der Waals surface area (Å²) in [5, 5.41) is 5.00. The number of hydrogen-bond acceptors (Lipinski definition) is 6. The van der Waals surface area contributed by atoms with Crippen molar-refractivity contribution in [1.29, 1.82) is 0 Å². The van der Waals surface area contributed by atoms with Gasteiger partial charge in [-0.1, -0.05) is 0 Å². The Morgan fingerprint density at radius 3 is 2.55 bits per heavy atom. The fraction of sp³-hybridized carbons (Fsp3) is 0.618. The maximum absolute atomic E-state index is 14.4. The molecule has 4 saturated heterocycles. The second-order valence-corrected chi connectivity index (χ2v) is 16.8. The number of likely N-dealkylation sites (tertiary alicyclic amines) is 1. The summed E-state index contributed by atoms with van der Waals surface area (Å²) in [5.41, 5.74) is 0.216. The molecule has 4 aliphatic rings. The van der Waals surface area contributed by atoms with Crippen LogP contribution in [0.4, 0.5) is 17.6 Å². The van der Waals surface area contributed by atoms with Crippen LogP contribution >= 0.6 is 0 Å². The van der Waals surface area contributed by atoms with Crippen molar-refractivity contribution in [2.45, 2.75) is 75.9 Å². The van der Waals surface area contributed by atoms with Gasteiger partial charge in [0.2, 0.25) is 0 Å². The van der Waals surface area contributed by atoms with Gasteiger partial charge in [-0.25, -0.2) is 4.39 Å². The third-order valence-electron chi connectivity index (χ3n) is 10.2. The molecule has 2 atom stereocenters. The van der Waals surface area contributed by atoms with E-state index in [0.29, 0.717) is 37.4 Å². The Morgan fingerprint density at radius 1 is 1.04 bits per heavy atom. The molecule has 258 valence electrons. The summed E-state index contributed by atoms with van der Waals surface area (Å²) in [6.07, 6.45) is 3.32. The van der Waals surface area contributed by atoms with Crippen LogP contribution in [0.2, 0.25) is 0 Å². The predicted molar refractivity (Wildman–Crippen MR) is 167 cm³/mol. The number of hydrogen-bond donors (Lipinski definition) is 0. The van der Waals surface area contributed by atoms with Crippen LogP contribution in [0.5, 0.6) is 0 Å². The van der Waals surface area contributed by atoms with Crippen LogP contribution in [0, 0.1) is 3.57 Å². The van der Waals surface area contributed by atoms with E-state index in [2.05, 4.69) is 35.0 Å². The van der Waals surface area contributed by atoms with Gasteiger partial charge in [0, 0.05) is 0 Å². The molecule has 6 heterocycles. The van der Waals surface area contributed by atoms with Gasteiger partial charge in [0.15, 0.2) is 0 Å². The van der Waals surface area contributed by atoms with Gasteiger partial charge in [-0.2, -0.15) is 0 Å². The molecule has 3 aromatic rings. The fourth-order valence-electron chi connectivity index (χ4n) is 7.68. The number of imidazole rings is 1. The molecule has 47 heavy (non-hydrogen) atoms. The number of hydrazine groups is 1. The molecule has 7 rings (SSSR count). The Bertz CT molecular complexity index is 1660. The number of pyridine rings is 1. The molecule has 2 aromatic heterocycles. The molecule has 0 aliphatic carbocycles. The molecule has 0 radical (unpaired) electrons. The first kappa shape index (κ1) is 33.5. The number of fused-ring (bicyclic) bond motifs is 2. The van der Waals surface area contributed by atoms with Gasteiger partial charge in [-0.05, 0) is 0 Å². The van der Waals surface area contributed by atoms with Crippen molar-refractivity contribution < 1.29 is 43.5 Å². The summed E-state index contributed by atoms with van der Waals surface area (Å²) in [6, 6.07) is 7.40. The van der Waals surface area contributed by atoms with Crippen molar-refractivity contribution in [3.05, 3.63) is 67.4 Å². The number of halogens is 5. The average molecular weight is 772 g/mol. The van der Waals surface area contributed by atoms with Crippen LogP contribution in [0.1, 0.15) is 62.1 Å². The molecule has 0 N–H and O–H groups in total. The summed E-state index contributed by atoms with van der Waals surface area (Å²) in [4.78, 5) is 18.2. The Morgan fingerprint density at radius 2 is 1.85 bits per heavy atom. The van der Waals surface area contributed by atoms with Gasteiger partial charge in [0.05, 0.1) is 0 Å². The van der Waals surface area contributed by atoms with Crippen molar-refractivity contribution in [2.75, 3.05) is 57.5 Å². The number of benzene rings is 1. The zero-order chi connectivity index (χ0) is 32.9. The van der Waals surface area contributed by atoms with Crippen molar-refractivity contribution >= 4 is 5.52 Å². The van der Waals surface area contributed by atoms with Crippen LogP contribution in [0.25, 0.3) is 11.2 Å². The van der Waals surface area contributed by atoms with Crippen molar-refractivity contribution in [3.63, 3.8) is 0 Å². The van der Waals surface area contributed by atoms with E-state index in [1.807, 2.05) is 12.1 Å². The van der Waals surface area contributed by atoms with E-state index < -0.39 is 23.6 Å². The Labute approximate surface area is 283 Å². The van der Waals surface area contributed by atoms with E-state index >= 15 is 0 Å². The second-order valence-electron chi connectivity index (χ2n) is 13.7. The van der Waals surface area contributed by atoms with Gasteiger partial charge in [0.25, 0.3) is 0 Å². The first-order valence-corrected chi connectivity index (χ1v) is 19.4. The van der Waals surface area contributed by atoms with Gasteiger partial charge in [-0.3, -0.25) is 0 Å². The zero-order valence-electron chi connectivity index (χ0n) is 27.1. The van der Waals surface area contributed by atoms with Crippen LogP contribution < -0.4 is 26.9 Å². The summed E-state index contributed by atoms with van der Waals surface area (Å²) < 4.78 is 67.8. The number of aromatic nitrogens is 2. The molecular weight excluding hydrogens is 727 g/mol. The molecular formula is C34H44F4IN6O2-. The Hall–Kier alpha value is -2.04. The number of nitrogens with zero attached hydrogens (tertiary/aromatic N) is 6. The fourth-order valence-corrected chi connectivity index (χ4v) is 9.93. The van der Waals surface area contributed by atoms with Gasteiger partial charge < -0.3 is 0 Å². The minimum absolute atomic E-state index is 0.157. The first-order valence-electron chi connectivity index (χ1n) is 16.8. The quantitative estimate of drug-likeness (QED) is 0.189. The van der Waals surface area contributed by atoms with E-state index in [4.69, 9.17) is 4.74 Å². The van der Waals surface area contributed by atoms with E-state index in [1.54, 1.807) is 4.90 Å². The summed E-state index contributed by atoms with van der Waals surface area (Å²) in [5.74, 6) is 0. The normalized spacial score (nSPS) is 24.6. The van der Waals surface area contributed by atoms with Crippen LogP contribution in [0.3, 0.4) is 0 Å². The molecule has 0 saturated carbocycles. The van der Waals surface area contributed by atoms with Crippen LogP contribution in [-0.2, 0) is 22.9 Å². The number of rotatable bonds is 9. The van der Waals surface area contributed by atoms with Crippen molar-refractivity contribution in [3.8, 4) is 5.69 Å². The summed E-state index contributed by atoms with van der Waals surface area (Å²) in [6.45, 7) is 7.12. The summed E-state index contributed by atoms with van der Waals surface area (Å²) >= 11 is -0.356. The molecule has 1 aromatic carbocycles. The van der Waals surface area contributed by atoms with E-state index in [9.17, 15) is 22.4 Å². The third-order valence-corrected chi connectivity index (χ3v) is 13.3. The van der Waals surface area contributed by atoms with Crippen molar-refractivity contribution in [2.24, 2.45) is 0 Å². The molecule has 8 nitrogen and oxygen atoms in total. The van der Waals surface area contributed by atoms with Gasteiger partial charge in [0.1, 0.15) is 0 Å². The molecule has 0 spiro atoms. The minimum atomic E-state index is -4.66. The van der Waals surface area contributed by atoms with E-state index in [0.717, 1.165) is 53.1 Å². The Kier molecular flexibility index (Phi) is 9.50. The number of alkyl halides is 5. The maximum atomic E-state index is 14.4. The van der Waals surface area contributed by atoms with E-state index in [1.165, 1.54) is 39.8 Å². The summed E-state index contributed by atoms with van der Waals surface area (Å²) in [7, 11) is 2.18. The molecule has 0 amide bonds. The Balaban J connectivity index is 1.29. The third kappa shape index (κ3) is 6.64. The second kappa shape index (κ2) is 13.3. The SMILES string of the molecule is CCC[I-]c1cc(-n2cc3c(C(F)(F)F)cc(CN4CC[C@H](F)C4)cn3c2=O)cc(C2(CC3N(C)CN4CCCCCN34)COC2)c1. The average Bonchev–Trinajstić information content (AvgIpc) is 3.60. The predicted octanol–water partition coefficient (Wildman–Crippen LogP) is 1.91. The van der Waals surface area contributed by atoms with Crippen LogP contribution in [0.15, 0.2) is 41.5 Å². The molecule has 4 fully saturated rings.